The molecule has 10 rings (SSSR count). The van der Waals surface area contributed by atoms with Crippen LogP contribution >= 0.6 is 0 Å². The van der Waals surface area contributed by atoms with Crippen molar-refractivity contribution in [1.82, 2.24) is 29.6 Å². The van der Waals surface area contributed by atoms with E-state index in [-0.39, 0.29) is 35.6 Å². The van der Waals surface area contributed by atoms with E-state index in [2.05, 4.69) is 64.1 Å². The third-order valence-corrected chi connectivity index (χ3v) is 14.0. The number of pyridine rings is 2. The van der Waals surface area contributed by atoms with Crippen molar-refractivity contribution in [2.45, 2.75) is 52.4 Å². The van der Waals surface area contributed by atoms with Crippen molar-refractivity contribution in [3.63, 3.8) is 0 Å². The number of aliphatic imine (C=N–C) groups is 2. The first-order chi connectivity index (χ1) is 37.3. The van der Waals surface area contributed by atoms with Gasteiger partial charge in [-0.25, -0.2) is 0 Å². The maximum Gasteiger partial charge on any atom is 0.416 e. The first kappa shape index (κ1) is 54.8. The topological polar surface area (TPSA) is 122 Å². The van der Waals surface area contributed by atoms with E-state index in [4.69, 9.17) is 0 Å². The van der Waals surface area contributed by atoms with Gasteiger partial charge in [0.05, 0.1) is 35.6 Å². The number of benzene rings is 4. The number of rotatable bonds is 8. The molecule has 0 unspecified atom stereocenters. The third-order valence-electron chi connectivity index (χ3n) is 14.0. The van der Waals surface area contributed by atoms with E-state index in [9.17, 15) is 35.9 Å². The Kier molecular flexibility index (Phi) is 16.7. The number of likely N-dealkylation sites (N-methyl/N-ethyl adjacent to an activating group) is 2. The van der Waals surface area contributed by atoms with Crippen LogP contribution in [-0.4, -0.2) is 120 Å². The van der Waals surface area contributed by atoms with Gasteiger partial charge in [-0.05, 0) is 111 Å². The molecule has 0 bridgehead atoms. The molecule has 0 spiro atoms. The molecular formula is C60H56F6N10O2. The molecule has 4 aromatic carbocycles. The van der Waals surface area contributed by atoms with Crippen molar-refractivity contribution in [2.75, 3.05) is 77.1 Å². The molecular weight excluding hydrogens is 1010 g/mol. The fourth-order valence-corrected chi connectivity index (χ4v) is 9.19. The number of anilines is 2. The standard InChI is InChI=1S/2C30H28F3N5O/c2*1-20-3-5-23(14-22(20)6-4-21-13-25-17-34-18-28(25)35-16-21)29(39)36-26-8-7-24(27(15-26)30(31,32)33)19-38-11-9-37(2)10-12-38/h2*3,5,7-8,13-17H,9-12,18-19H2,1-2H3,(H,36,39). The Balaban J connectivity index is 0.000000190. The molecule has 400 valence electrons. The normalized spacial score (nSPS) is 15.5. The molecule has 0 aliphatic carbocycles. The van der Waals surface area contributed by atoms with Crippen LogP contribution in [0, 0.1) is 37.5 Å². The number of nitrogens with zero attached hydrogens (tertiary/aromatic N) is 8. The second-order valence-electron chi connectivity index (χ2n) is 19.8. The molecule has 0 saturated carbocycles. The van der Waals surface area contributed by atoms with Gasteiger partial charge in [0.2, 0.25) is 0 Å². The molecule has 6 heterocycles. The first-order valence-corrected chi connectivity index (χ1v) is 25.4. The Hall–Kier alpha value is -8.00. The van der Waals surface area contributed by atoms with Crippen LogP contribution in [0.1, 0.15) is 98.9 Å². The van der Waals surface area contributed by atoms with Gasteiger partial charge < -0.3 is 20.4 Å². The van der Waals surface area contributed by atoms with E-state index in [1.165, 1.54) is 24.3 Å². The van der Waals surface area contributed by atoms with Crippen LogP contribution in [0.25, 0.3) is 0 Å². The second-order valence-corrected chi connectivity index (χ2v) is 19.8. The van der Waals surface area contributed by atoms with Crippen LogP contribution in [-0.2, 0) is 38.5 Å². The van der Waals surface area contributed by atoms with Crippen LogP contribution < -0.4 is 10.6 Å². The number of piperazine rings is 2. The smallest absolute Gasteiger partial charge is 0.322 e. The van der Waals surface area contributed by atoms with Crippen molar-refractivity contribution < 1.29 is 35.9 Å². The third kappa shape index (κ3) is 13.9. The van der Waals surface area contributed by atoms with E-state index in [1.807, 2.05) is 49.9 Å². The molecule has 2 N–H and O–H groups in total. The maximum atomic E-state index is 13.9. The molecule has 12 nitrogen and oxygen atoms in total. The van der Waals surface area contributed by atoms with Crippen molar-refractivity contribution in [2.24, 2.45) is 9.98 Å². The summed E-state index contributed by atoms with van der Waals surface area (Å²) in [5.74, 6) is 11.3. The number of aryl methyl sites for hydroxylation is 2. The summed E-state index contributed by atoms with van der Waals surface area (Å²) in [7, 11) is 4.00. The molecule has 4 aliphatic heterocycles. The van der Waals surface area contributed by atoms with E-state index < -0.39 is 35.3 Å². The Morgan fingerprint density at radius 1 is 0.526 bits per heavy atom. The number of halogens is 6. The van der Waals surface area contributed by atoms with Crippen molar-refractivity contribution >= 4 is 35.6 Å². The van der Waals surface area contributed by atoms with E-state index >= 15 is 0 Å². The molecule has 2 amide bonds. The maximum absolute atomic E-state index is 13.9. The van der Waals surface area contributed by atoms with Crippen LogP contribution in [0.3, 0.4) is 0 Å². The second kappa shape index (κ2) is 23.7. The summed E-state index contributed by atoms with van der Waals surface area (Å²) >= 11 is 0. The Morgan fingerprint density at radius 3 is 1.31 bits per heavy atom. The summed E-state index contributed by atoms with van der Waals surface area (Å²) in [4.78, 5) is 51.5. The Bertz CT molecular complexity index is 3220. The van der Waals surface area contributed by atoms with Gasteiger partial charge in [-0.1, -0.05) is 47.9 Å². The zero-order valence-electron chi connectivity index (χ0n) is 43.5. The number of hydrogen-bond acceptors (Lipinski definition) is 10. The van der Waals surface area contributed by atoms with E-state index in [1.54, 1.807) is 61.2 Å². The minimum Gasteiger partial charge on any atom is -0.322 e. The van der Waals surface area contributed by atoms with Gasteiger partial charge in [-0.15, -0.1) is 0 Å². The Labute approximate surface area is 449 Å². The fraction of sp³-hybridized carbons (Fsp3) is 0.300. The van der Waals surface area contributed by atoms with Gasteiger partial charge in [-0.3, -0.25) is 39.3 Å². The van der Waals surface area contributed by atoms with Crippen LogP contribution in [0.5, 0.6) is 0 Å². The predicted octanol–water partition coefficient (Wildman–Crippen LogP) is 9.48. The summed E-state index contributed by atoms with van der Waals surface area (Å²) < 4.78 is 83.6. The summed E-state index contributed by atoms with van der Waals surface area (Å²) in [6.07, 6.45) is -2.14. The van der Waals surface area contributed by atoms with Crippen molar-refractivity contribution in [3.8, 4) is 23.7 Å². The first-order valence-electron chi connectivity index (χ1n) is 25.4. The molecule has 0 radical (unpaired) electrons. The molecule has 78 heavy (non-hydrogen) atoms. The number of carbonyl (C=O) groups excluding carboxylic acids is 2. The summed E-state index contributed by atoms with van der Waals surface area (Å²) in [5.41, 5.74) is 7.95. The molecule has 0 atom stereocenters. The molecule has 4 aliphatic rings. The SMILES string of the molecule is Cc1ccc(C(=O)Nc2ccc(CN3CCN(C)CC3)c(C(F)(F)F)c2)cc1C#Cc1cnc2c(c1)C=NC2.Cc1ccc(C(=O)Nc2ccc(CN3CCN(C)CC3)c(C(F)(F)F)c2)cc1C#Cc1cnc2c(c1)C=NC2. The molecule has 2 saturated heterocycles. The lowest BCUT2D eigenvalue weighted by molar-refractivity contribution is -0.139. The molecule has 2 aromatic heterocycles. The zero-order valence-corrected chi connectivity index (χ0v) is 43.5. The predicted molar refractivity (Wildman–Crippen MR) is 290 cm³/mol. The number of carbonyl (C=O) groups is 2. The highest BCUT2D eigenvalue weighted by Crippen LogP contribution is 2.36. The van der Waals surface area contributed by atoms with Crippen LogP contribution in [0.2, 0.25) is 0 Å². The number of alkyl halides is 6. The van der Waals surface area contributed by atoms with Gasteiger partial charge in [0.25, 0.3) is 11.8 Å². The summed E-state index contributed by atoms with van der Waals surface area (Å²) in [6.45, 7) is 11.4. The highest BCUT2D eigenvalue weighted by Gasteiger charge is 2.36. The van der Waals surface area contributed by atoms with E-state index in [0.717, 1.165) is 83.1 Å². The Morgan fingerprint density at radius 2 is 0.923 bits per heavy atom. The average molecular weight is 1060 g/mol. The fourth-order valence-electron chi connectivity index (χ4n) is 9.19. The van der Waals surface area contributed by atoms with Gasteiger partial charge in [-0.2, -0.15) is 26.3 Å². The summed E-state index contributed by atoms with van der Waals surface area (Å²) in [6, 6.07) is 21.9. The monoisotopic (exact) mass is 1060 g/mol. The van der Waals surface area contributed by atoms with Crippen molar-refractivity contribution in [3.05, 3.63) is 187 Å². The lowest BCUT2D eigenvalue weighted by Crippen LogP contribution is -2.44. The minimum absolute atomic E-state index is 0.0912. The minimum atomic E-state index is -4.53. The molecule has 6 aromatic rings. The lowest BCUT2D eigenvalue weighted by atomic mass is 10.0. The lowest BCUT2D eigenvalue weighted by Gasteiger charge is -2.33. The average Bonchev–Trinajstić information content (AvgIpc) is 4.10. The molecule has 2 fully saturated rings. The van der Waals surface area contributed by atoms with Gasteiger partial charge in [0, 0.05) is 146 Å². The molecule has 18 heteroatoms. The summed E-state index contributed by atoms with van der Waals surface area (Å²) in [5, 5.41) is 5.25. The number of fused-ring (bicyclic) bond motifs is 2. The number of hydrogen-bond donors (Lipinski definition) is 2. The van der Waals surface area contributed by atoms with Gasteiger partial charge in [0.15, 0.2) is 0 Å². The number of nitrogens with one attached hydrogen (secondary N) is 2. The van der Waals surface area contributed by atoms with Crippen LogP contribution in [0.4, 0.5) is 37.7 Å². The van der Waals surface area contributed by atoms with Gasteiger partial charge in [0.1, 0.15) is 0 Å². The van der Waals surface area contributed by atoms with E-state index in [0.29, 0.717) is 61.5 Å². The highest BCUT2D eigenvalue weighted by atomic mass is 19.4. The van der Waals surface area contributed by atoms with Crippen molar-refractivity contribution in [1.29, 1.82) is 0 Å². The van der Waals surface area contributed by atoms with Gasteiger partial charge >= 0.3 is 12.4 Å². The number of aromatic nitrogens is 2. The van der Waals surface area contributed by atoms with Crippen LogP contribution in [0.15, 0.2) is 107 Å². The quantitative estimate of drug-likeness (QED) is 0.114. The number of amides is 2. The highest BCUT2D eigenvalue weighted by molar-refractivity contribution is 6.05. The zero-order chi connectivity index (χ0) is 55.1. The largest absolute Gasteiger partial charge is 0.416 e.